The van der Waals surface area contributed by atoms with E-state index in [2.05, 4.69) is 4.99 Å². The van der Waals surface area contributed by atoms with Gasteiger partial charge in [-0.2, -0.15) is 0 Å². The van der Waals surface area contributed by atoms with Gasteiger partial charge in [0.15, 0.2) is 22.1 Å². The molecule has 0 spiro atoms. The van der Waals surface area contributed by atoms with Gasteiger partial charge >= 0.3 is 0 Å². The first-order valence-corrected chi connectivity index (χ1v) is 13.7. The summed E-state index contributed by atoms with van der Waals surface area (Å²) in [6.07, 6.45) is 1.94. The number of rotatable bonds is 8. The molecule has 0 fully saturated rings. The fourth-order valence-corrected chi connectivity index (χ4v) is 6.02. The number of carbonyl (C=O) groups is 1. The van der Waals surface area contributed by atoms with Gasteiger partial charge in [0.05, 0.1) is 31.9 Å². The molecule has 1 aliphatic heterocycles. The lowest BCUT2D eigenvalue weighted by molar-refractivity contribution is -0.115. The Hall–Kier alpha value is -4.08. The maximum absolute atomic E-state index is 13.9. The van der Waals surface area contributed by atoms with E-state index in [-0.39, 0.29) is 17.8 Å². The zero-order valence-corrected chi connectivity index (χ0v) is 24.2. The number of methoxy groups -OCH3 is 3. The molecule has 206 valence electrons. The number of aromatic nitrogens is 1. The molecule has 1 unspecified atom stereocenters. The predicted octanol–water partition coefficient (Wildman–Crippen LogP) is 5.15. The minimum atomic E-state index is -0.738. The van der Waals surface area contributed by atoms with E-state index in [4.69, 9.17) is 30.2 Å². The number of furan rings is 1. The second kappa shape index (κ2) is 11.2. The zero-order valence-electron chi connectivity index (χ0n) is 22.6. The van der Waals surface area contributed by atoms with Crippen LogP contribution in [0.5, 0.6) is 17.2 Å². The van der Waals surface area contributed by atoms with Crippen molar-refractivity contribution in [2.24, 2.45) is 4.99 Å². The highest BCUT2D eigenvalue weighted by molar-refractivity contribution is 7.07. The Morgan fingerprint density at radius 1 is 1.10 bits per heavy atom. The van der Waals surface area contributed by atoms with Gasteiger partial charge in [0.1, 0.15) is 11.5 Å². The van der Waals surface area contributed by atoms with E-state index in [0.29, 0.717) is 60.0 Å². The van der Waals surface area contributed by atoms with Crippen LogP contribution in [0.3, 0.4) is 0 Å². The fourth-order valence-electron chi connectivity index (χ4n) is 4.80. The zero-order chi connectivity index (χ0) is 28.6. The molecular weight excluding hydrogens is 552 g/mol. The number of hydrogen-bond acceptors (Lipinski definition) is 8. The summed E-state index contributed by atoms with van der Waals surface area (Å²) >= 11 is 7.36. The number of thiazole rings is 1. The first-order valence-electron chi connectivity index (χ1n) is 12.5. The Morgan fingerprint density at radius 2 is 1.82 bits per heavy atom. The average Bonchev–Trinajstić information content (AvgIpc) is 3.55. The summed E-state index contributed by atoms with van der Waals surface area (Å²) in [6.45, 7) is 3.57. The van der Waals surface area contributed by atoms with Crippen molar-refractivity contribution in [1.82, 2.24) is 4.57 Å². The van der Waals surface area contributed by atoms with Gasteiger partial charge in [-0.3, -0.25) is 14.2 Å². The molecule has 10 heteroatoms. The highest BCUT2D eigenvalue weighted by atomic mass is 35.5. The number of allylic oxidation sites excluding steroid dienone is 2. The standard InChI is InChI=1S/C30H27ClN2O6S/c1-6-21(34)26-16(2)32-30-33(27(26)18-13-23(36-3)28(38-5)24(14-18)37-4)29(35)25(40-30)15-20-10-11-22(39-20)17-8-7-9-19(31)12-17/h7-15,27H,6H2,1-5H3/b25-15-. The van der Waals surface area contributed by atoms with E-state index >= 15 is 0 Å². The molecule has 0 radical (unpaired) electrons. The molecule has 40 heavy (non-hydrogen) atoms. The Labute approximate surface area is 239 Å². The monoisotopic (exact) mass is 578 g/mol. The van der Waals surface area contributed by atoms with Crippen molar-refractivity contribution in [3.63, 3.8) is 0 Å². The largest absolute Gasteiger partial charge is 0.493 e. The maximum Gasteiger partial charge on any atom is 0.271 e. The highest BCUT2D eigenvalue weighted by Gasteiger charge is 2.33. The topological polar surface area (TPSA) is 92.3 Å². The van der Waals surface area contributed by atoms with Gasteiger partial charge in [-0.15, -0.1) is 0 Å². The lowest BCUT2D eigenvalue weighted by Gasteiger charge is -2.26. The number of halogens is 1. The van der Waals surface area contributed by atoms with Gasteiger partial charge in [-0.1, -0.05) is 42.0 Å². The lowest BCUT2D eigenvalue weighted by Crippen LogP contribution is -2.39. The van der Waals surface area contributed by atoms with E-state index in [0.717, 1.165) is 5.56 Å². The van der Waals surface area contributed by atoms with Crippen LogP contribution in [0.4, 0.5) is 0 Å². The molecule has 3 heterocycles. The number of ketones is 1. The smallest absolute Gasteiger partial charge is 0.271 e. The van der Waals surface area contributed by atoms with Crippen LogP contribution in [-0.4, -0.2) is 31.7 Å². The van der Waals surface area contributed by atoms with Crippen LogP contribution >= 0.6 is 22.9 Å². The molecule has 2 aromatic heterocycles. The number of fused-ring (bicyclic) bond motifs is 1. The third-order valence-electron chi connectivity index (χ3n) is 6.66. The summed E-state index contributed by atoms with van der Waals surface area (Å²) < 4.78 is 24.6. The van der Waals surface area contributed by atoms with E-state index in [1.807, 2.05) is 24.3 Å². The van der Waals surface area contributed by atoms with Gasteiger partial charge in [0.2, 0.25) is 5.75 Å². The van der Waals surface area contributed by atoms with E-state index in [1.54, 1.807) is 48.8 Å². The van der Waals surface area contributed by atoms with Crippen LogP contribution in [0.15, 0.2) is 74.0 Å². The quantitative estimate of drug-likeness (QED) is 0.287. The van der Waals surface area contributed by atoms with Crippen LogP contribution in [0.1, 0.15) is 37.6 Å². The average molecular weight is 579 g/mol. The molecule has 0 saturated carbocycles. The Kier molecular flexibility index (Phi) is 7.69. The molecule has 2 aromatic carbocycles. The summed E-state index contributed by atoms with van der Waals surface area (Å²) in [4.78, 5) is 32.3. The van der Waals surface area contributed by atoms with Gasteiger partial charge in [0, 0.05) is 34.4 Å². The molecule has 1 atom stereocenters. The van der Waals surface area contributed by atoms with E-state index < -0.39 is 6.04 Å². The first-order chi connectivity index (χ1) is 19.3. The third-order valence-corrected chi connectivity index (χ3v) is 7.87. The van der Waals surface area contributed by atoms with Crippen molar-refractivity contribution in [3.8, 4) is 28.6 Å². The molecule has 0 bridgehead atoms. The van der Waals surface area contributed by atoms with Crippen LogP contribution in [0.2, 0.25) is 5.02 Å². The van der Waals surface area contributed by atoms with Gasteiger partial charge in [0.25, 0.3) is 5.56 Å². The van der Waals surface area contributed by atoms with E-state index in [1.165, 1.54) is 32.7 Å². The number of Topliss-reactive ketones (excluding diaryl/α,β-unsaturated/α-hetero) is 1. The predicted molar refractivity (Wildman–Crippen MR) is 154 cm³/mol. The second-order valence-corrected chi connectivity index (χ2v) is 10.5. The van der Waals surface area contributed by atoms with Gasteiger partial charge in [-0.05, 0) is 48.9 Å². The van der Waals surface area contributed by atoms with Crippen molar-refractivity contribution >= 4 is 34.8 Å². The van der Waals surface area contributed by atoms with Crippen molar-refractivity contribution in [3.05, 3.63) is 95.8 Å². The first kappa shape index (κ1) is 27.5. The molecule has 1 aliphatic rings. The van der Waals surface area contributed by atoms with Crippen molar-refractivity contribution in [1.29, 1.82) is 0 Å². The molecule has 8 nitrogen and oxygen atoms in total. The summed E-state index contributed by atoms with van der Waals surface area (Å²) in [6, 6.07) is 13.7. The van der Waals surface area contributed by atoms with Crippen LogP contribution in [0.25, 0.3) is 17.4 Å². The Balaban J connectivity index is 1.69. The maximum atomic E-state index is 13.9. The van der Waals surface area contributed by atoms with Crippen LogP contribution in [-0.2, 0) is 4.79 Å². The van der Waals surface area contributed by atoms with Gasteiger partial charge in [-0.25, -0.2) is 4.99 Å². The summed E-state index contributed by atoms with van der Waals surface area (Å²) in [5.74, 6) is 2.28. The molecule has 0 aliphatic carbocycles. The highest BCUT2D eigenvalue weighted by Crippen LogP contribution is 2.42. The minimum absolute atomic E-state index is 0.105. The molecule has 0 amide bonds. The molecule has 0 N–H and O–H groups in total. The number of benzene rings is 2. The number of ether oxygens (including phenoxy) is 3. The summed E-state index contributed by atoms with van der Waals surface area (Å²) in [7, 11) is 4.56. The number of carbonyl (C=O) groups excluding carboxylic acids is 1. The van der Waals surface area contributed by atoms with Crippen LogP contribution in [0, 0.1) is 0 Å². The fraction of sp³-hybridized carbons (Fsp3) is 0.233. The normalized spacial score (nSPS) is 15.1. The van der Waals surface area contributed by atoms with E-state index in [9.17, 15) is 9.59 Å². The Bertz CT molecular complexity index is 1810. The number of nitrogens with zero attached hydrogens (tertiary/aromatic N) is 2. The van der Waals surface area contributed by atoms with Crippen LogP contribution < -0.4 is 29.1 Å². The molecule has 4 aromatic rings. The molecular formula is C30H27ClN2O6S. The summed E-state index contributed by atoms with van der Waals surface area (Å²) in [5.41, 5.74) is 2.16. The van der Waals surface area contributed by atoms with Crippen molar-refractivity contribution in [2.75, 3.05) is 21.3 Å². The third kappa shape index (κ3) is 4.87. The minimum Gasteiger partial charge on any atom is -0.493 e. The van der Waals surface area contributed by atoms with Crippen molar-refractivity contribution in [2.45, 2.75) is 26.3 Å². The molecule has 5 rings (SSSR count). The second-order valence-electron chi connectivity index (χ2n) is 9.03. The van der Waals surface area contributed by atoms with Crippen molar-refractivity contribution < 1.29 is 23.4 Å². The SMILES string of the molecule is CCC(=O)C1=C(C)N=c2s/c(=C\c3ccc(-c4cccc(Cl)c4)o3)c(=O)n2C1c1cc(OC)c(OC)c(OC)c1. The molecule has 0 saturated heterocycles. The summed E-state index contributed by atoms with van der Waals surface area (Å²) in [5, 5.41) is 0.600. The Morgan fingerprint density at radius 3 is 2.45 bits per heavy atom. The number of hydrogen-bond donors (Lipinski definition) is 0. The lowest BCUT2D eigenvalue weighted by atomic mass is 9.91. The van der Waals surface area contributed by atoms with Gasteiger partial charge < -0.3 is 18.6 Å².